The van der Waals surface area contributed by atoms with Crippen molar-refractivity contribution < 1.29 is 23.8 Å². The van der Waals surface area contributed by atoms with Crippen molar-refractivity contribution in [2.24, 2.45) is 5.92 Å². The van der Waals surface area contributed by atoms with Crippen molar-refractivity contribution in [1.82, 2.24) is 9.97 Å². The molecule has 1 saturated heterocycles. The number of anilines is 2. The van der Waals surface area contributed by atoms with E-state index in [0.29, 0.717) is 52.7 Å². The second-order valence-electron chi connectivity index (χ2n) is 10.0. The molecule has 0 bridgehead atoms. The summed E-state index contributed by atoms with van der Waals surface area (Å²) in [7, 11) is 1.56. The number of hydrogen-bond donors (Lipinski definition) is 2. The van der Waals surface area contributed by atoms with Crippen LogP contribution in [0.25, 0.3) is 33.2 Å². The highest BCUT2D eigenvalue weighted by molar-refractivity contribution is 6.06. The van der Waals surface area contributed by atoms with Crippen molar-refractivity contribution in [3.8, 4) is 16.9 Å². The molecule has 3 aromatic carbocycles. The van der Waals surface area contributed by atoms with Gasteiger partial charge in [0, 0.05) is 18.4 Å². The van der Waals surface area contributed by atoms with Crippen molar-refractivity contribution in [2.75, 3.05) is 23.9 Å². The third-order valence-corrected chi connectivity index (χ3v) is 7.32. The normalized spacial score (nSPS) is 16.9. The van der Waals surface area contributed by atoms with Crippen molar-refractivity contribution in [3.63, 3.8) is 0 Å². The summed E-state index contributed by atoms with van der Waals surface area (Å²) in [6, 6.07) is 22.3. The summed E-state index contributed by atoms with van der Waals surface area (Å²) >= 11 is 0. The first kappa shape index (κ1) is 25.4. The molecule has 202 valence electrons. The highest BCUT2D eigenvalue weighted by Crippen LogP contribution is 2.38. The van der Waals surface area contributed by atoms with Crippen molar-refractivity contribution in [1.29, 1.82) is 0 Å². The fraction of sp³-hybridized carbons (Fsp3) is 0.226. The van der Waals surface area contributed by atoms with Crippen LogP contribution in [0.1, 0.15) is 18.7 Å². The minimum atomic E-state index is -0.971. The molecule has 0 saturated carbocycles. The molecule has 6 rings (SSSR count). The van der Waals surface area contributed by atoms with E-state index in [1.54, 1.807) is 18.9 Å². The van der Waals surface area contributed by atoms with E-state index in [1.807, 2.05) is 72.8 Å². The second-order valence-corrected chi connectivity index (χ2v) is 10.0. The minimum Gasteiger partial charge on any atom is -0.495 e. The number of amides is 1. The Kier molecular flexibility index (Phi) is 6.55. The number of ether oxygens (including phenoxy) is 1. The lowest BCUT2D eigenvalue weighted by molar-refractivity contribution is -0.138. The number of carbonyl (C=O) groups excluding carboxylic acids is 1. The van der Waals surface area contributed by atoms with Crippen LogP contribution in [0, 0.1) is 12.8 Å². The fourth-order valence-electron chi connectivity index (χ4n) is 5.49. The molecule has 0 spiro atoms. The molecule has 0 aliphatic carbocycles. The number of aromatic nitrogens is 2. The Bertz CT molecular complexity index is 1730. The number of nitrogens with zero attached hydrogens (tertiary/aromatic N) is 3. The number of para-hydroxylation sites is 1. The first-order valence-corrected chi connectivity index (χ1v) is 13.1. The van der Waals surface area contributed by atoms with Gasteiger partial charge < -0.3 is 24.5 Å². The Morgan fingerprint density at radius 1 is 1.05 bits per heavy atom. The van der Waals surface area contributed by atoms with E-state index in [9.17, 15) is 14.7 Å². The summed E-state index contributed by atoms with van der Waals surface area (Å²) in [5.41, 5.74) is 4.34. The summed E-state index contributed by atoms with van der Waals surface area (Å²) < 4.78 is 11.6. The third kappa shape index (κ3) is 4.70. The molecule has 2 N–H and O–H groups in total. The van der Waals surface area contributed by atoms with Gasteiger partial charge in [-0.15, -0.1) is 0 Å². The molecule has 9 heteroatoms. The Hall–Kier alpha value is -4.92. The van der Waals surface area contributed by atoms with Gasteiger partial charge in [0.15, 0.2) is 11.4 Å². The molecule has 1 aliphatic rings. The topological polar surface area (TPSA) is 118 Å². The van der Waals surface area contributed by atoms with Gasteiger partial charge in [-0.25, -0.2) is 14.8 Å². The number of carboxylic acid groups (broad SMARTS) is 1. The van der Waals surface area contributed by atoms with Crippen LogP contribution in [0.5, 0.6) is 5.75 Å². The fourth-order valence-corrected chi connectivity index (χ4v) is 5.49. The summed E-state index contributed by atoms with van der Waals surface area (Å²) in [6.45, 7) is 2.12. The van der Waals surface area contributed by atoms with E-state index in [-0.39, 0.29) is 18.2 Å². The number of aliphatic carboxylic acids is 1. The van der Waals surface area contributed by atoms with Crippen LogP contribution in [0.3, 0.4) is 0 Å². The van der Waals surface area contributed by atoms with E-state index in [4.69, 9.17) is 9.15 Å². The van der Waals surface area contributed by atoms with Crippen molar-refractivity contribution >= 4 is 45.5 Å². The molecular formula is C31H28N4O5. The molecule has 2 aromatic heterocycles. The number of rotatable bonds is 7. The molecule has 3 heterocycles. The lowest BCUT2D eigenvalue weighted by Crippen LogP contribution is -2.36. The zero-order valence-electron chi connectivity index (χ0n) is 22.1. The van der Waals surface area contributed by atoms with Crippen LogP contribution < -0.4 is 15.0 Å². The average molecular weight is 537 g/mol. The van der Waals surface area contributed by atoms with Crippen molar-refractivity contribution in [3.05, 3.63) is 78.6 Å². The molecule has 1 amide bonds. The monoisotopic (exact) mass is 536 g/mol. The molecule has 0 radical (unpaired) electrons. The quantitative estimate of drug-likeness (QED) is 0.273. The van der Waals surface area contributed by atoms with Gasteiger partial charge in [0.25, 0.3) is 0 Å². The van der Waals surface area contributed by atoms with E-state index in [0.717, 1.165) is 16.5 Å². The zero-order chi connectivity index (χ0) is 27.8. The number of methoxy groups -OCH3 is 1. The number of benzene rings is 3. The first-order chi connectivity index (χ1) is 19.4. The van der Waals surface area contributed by atoms with Gasteiger partial charge in [-0.2, -0.15) is 0 Å². The predicted octanol–water partition coefficient (Wildman–Crippen LogP) is 5.67. The molecule has 1 fully saturated rings. The van der Waals surface area contributed by atoms with Crippen LogP contribution in [-0.4, -0.2) is 46.6 Å². The number of carboxylic acids is 1. The number of fused-ring (bicyclic) bond motifs is 3. The molecule has 5 aromatic rings. The maximum absolute atomic E-state index is 13.1. The summed E-state index contributed by atoms with van der Waals surface area (Å²) in [6.07, 6.45) is 0.453. The third-order valence-electron chi connectivity index (χ3n) is 7.32. The number of carbonyl (C=O) groups is 2. The van der Waals surface area contributed by atoms with E-state index in [2.05, 4.69) is 15.3 Å². The standard InChI is InChI=1S/C31H28N4O5/c1-18-32-28-22-10-6-7-11-25(22)40-29(28)30(33-18)35-17-19(14-24(35)31(37)38)15-27(36)34-23-13-12-21(16-26(23)39-2)20-8-4-3-5-9-20/h3-13,16,19,24H,14-15,17H2,1-2H3,(H,34,36)(H,37,38)/t19-,24+/m1/s1. The van der Waals surface area contributed by atoms with Gasteiger partial charge in [0.1, 0.15) is 28.7 Å². The van der Waals surface area contributed by atoms with Gasteiger partial charge in [0.2, 0.25) is 5.91 Å². The van der Waals surface area contributed by atoms with Gasteiger partial charge in [-0.3, -0.25) is 4.79 Å². The van der Waals surface area contributed by atoms with Gasteiger partial charge in [0.05, 0.1) is 12.8 Å². The smallest absolute Gasteiger partial charge is 0.326 e. The highest BCUT2D eigenvalue weighted by atomic mass is 16.5. The largest absolute Gasteiger partial charge is 0.495 e. The first-order valence-electron chi connectivity index (χ1n) is 13.1. The Morgan fingerprint density at radius 3 is 2.60 bits per heavy atom. The lowest BCUT2D eigenvalue weighted by Gasteiger charge is -2.22. The second kappa shape index (κ2) is 10.3. The Labute approximate surface area is 230 Å². The van der Waals surface area contributed by atoms with E-state index >= 15 is 0 Å². The van der Waals surface area contributed by atoms with Crippen LogP contribution in [0.4, 0.5) is 11.5 Å². The average Bonchev–Trinajstić information content (AvgIpc) is 3.55. The van der Waals surface area contributed by atoms with Gasteiger partial charge >= 0.3 is 5.97 Å². The summed E-state index contributed by atoms with van der Waals surface area (Å²) in [4.78, 5) is 36.3. The SMILES string of the molecule is COc1cc(-c2ccccc2)ccc1NC(=O)C[C@H]1C[C@@H](C(=O)O)N(c2nc(C)nc3c2oc2ccccc23)C1. The number of hydrogen-bond acceptors (Lipinski definition) is 7. The Balaban J connectivity index is 1.23. The summed E-state index contributed by atoms with van der Waals surface area (Å²) in [5.74, 6) is 0.119. The van der Waals surface area contributed by atoms with Crippen LogP contribution in [0.15, 0.2) is 77.2 Å². The van der Waals surface area contributed by atoms with Crippen LogP contribution in [-0.2, 0) is 9.59 Å². The van der Waals surface area contributed by atoms with Crippen molar-refractivity contribution in [2.45, 2.75) is 25.8 Å². The molecule has 9 nitrogen and oxygen atoms in total. The zero-order valence-corrected chi connectivity index (χ0v) is 22.1. The Morgan fingerprint density at radius 2 is 1.82 bits per heavy atom. The molecule has 0 unspecified atom stereocenters. The van der Waals surface area contributed by atoms with E-state index in [1.165, 1.54) is 0 Å². The molecular weight excluding hydrogens is 508 g/mol. The lowest BCUT2D eigenvalue weighted by atomic mass is 10.0. The van der Waals surface area contributed by atoms with Gasteiger partial charge in [-0.1, -0.05) is 48.5 Å². The minimum absolute atomic E-state index is 0.150. The summed E-state index contributed by atoms with van der Waals surface area (Å²) in [5, 5.41) is 13.9. The van der Waals surface area contributed by atoms with Crippen LogP contribution >= 0.6 is 0 Å². The van der Waals surface area contributed by atoms with E-state index < -0.39 is 12.0 Å². The van der Waals surface area contributed by atoms with Crippen LogP contribution in [0.2, 0.25) is 0 Å². The molecule has 2 atom stereocenters. The predicted molar refractivity (Wildman–Crippen MR) is 153 cm³/mol. The molecule has 40 heavy (non-hydrogen) atoms. The maximum atomic E-state index is 13.1. The highest BCUT2D eigenvalue weighted by Gasteiger charge is 2.40. The number of nitrogens with one attached hydrogen (secondary N) is 1. The van der Waals surface area contributed by atoms with Gasteiger partial charge in [-0.05, 0) is 54.7 Å². The molecule has 1 aliphatic heterocycles. The maximum Gasteiger partial charge on any atom is 0.326 e. The number of furan rings is 1. The number of aryl methyl sites for hydroxylation is 1.